The minimum absolute atomic E-state index is 0.0185. The van der Waals surface area contributed by atoms with Gasteiger partial charge in [-0.3, -0.25) is 4.79 Å². The van der Waals surface area contributed by atoms with Crippen LogP contribution in [0.3, 0.4) is 0 Å². The lowest BCUT2D eigenvalue weighted by Gasteiger charge is -1.98. The Balaban J connectivity index is 2.42. The Morgan fingerprint density at radius 1 is 1.75 bits per heavy atom. The van der Waals surface area contributed by atoms with Crippen molar-refractivity contribution < 1.29 is 9.90 Å². The minimum atomic E-state index is -0.0185. The first-order chi connectivity index (χ1) is 3.84. The van der Waals surface area contributed by atoms with Crippen molar-refractivity contribution in [3.63, 3.8) is 0 Å². The number of aliphatic hydroxyl groups excluding tert-OH is 1. The minimum Gasteiger partial charge on any atom is -0.396 e. The van der Waals surface area contributed by atoms with Crippen LogP contribution in [0.4, 0.5) is 0 Å². The number of carbonyl (C=O) groups excluding carboxylic acids is 1. The number of rotatable bonds is 1. The van der Waals surface area contributed by atoms with Crippen LogP contribution in [-0.4, -0.2) is 17.5 Å². The molecule has 2 heteroatoms. The summed E-state index contributed by atoms with van der Waals surface area (Å²) in [5.74, 6) is 0.225. The summed E-state index contributed by atoms with van der Waals surface area (Å²) in [6.07, 6.45) is 2.56. The fourth-order valence-electron chi connectivity index (χ4n) is 1.08. The fraction of sp³-hybridized carbons (Fsp3) is 0.833. The maximum atomic E-state index is 10.6. The van der Waals surface area contributed by atoms with Crippen LogP contribution in [-0.2, 0) is 4.79 Å². The molecular formula is C6H10O2. The first-order valence-electron chi connectivity index (χ1n) is 2.98. The molecule has 0 radical (unpaired) electrons. The van der Waals surface area contributed by atoms with E-state index in [0.29, 0.717) is 6.42 Å². The van der Waals surface area contributed by atoms with E-state index < -0.39 is 0 Å². The zero-order valence-corrected chi connectivity index (χ0v) is 4.76. The summed E-state index contributed by atoms with van der Waals surface area (Å²) < 4.78 is 0. The molecule has 0 unspecified atom stereocenters. The summed E-state index contributed by atoms with van der Waals surface area (Å²) in [5.41, 5.74) is 0. The smallest absolute Gasteiger partial charge is 0.138 e. The predicted octanol–water partition coefficient (Wildman–Crippen LogP) is 0.348. The summed E-state index contributed by atoms with van der Waals surface area (Å²) in [4.78, 5) is 10.6. The third-order valence-electron chi connectivity index (χ3n) is 1.65. The van der Waals surface area contributed by atoms with Gasteiger partial charge >= 0.3 is 0 Å². The van der Waals surface area contributed by atoms with Crippen molar-refractivity contribution >= 4 is 5.78 Å². The first-order valence-corrected chi connectivity index (χ1v) is 2.98. The highest BCUT2D eigenvalue weighted by atomic mass is 16.3. The molecule has 0 aromatic carbocycles. The van der Waals surface area contributed by atoms with Gasteiger partial charge in [-0.25, -0.2) is 0 Å². The van der Waals surface area contributed by atoms with E-state index in [-0.39, 0.29) is 18.3 Å². The zero-order chi connectivity index (χ0) is 5.98. The maximum absolute atomic E-state index is 10.6. The lowest BCUT2D eigenvalue weighted by molar-refractivity contribution is -0.121. The van der Waals surface area contributed by atoms with Gasteiger partial charge in [-0.05, 0) is 12.8 Å². The van der Waals surface area contributed by atoms with Gasteiger partial charge in [0.25, 0.3) is 0 Å². The topological polar surface area (TPSA) is 37.3 Å². The van der Waals surface area contributed by atoms with Crippen LogP contribution >= 0.6 is 0 Å². The van der Waals surface area contributed by atoms with Crippen LogP contribution in [0.2, 0.25) is 0 Å². The van der Waals surface area contributed by atoms with Gasteiger partial charge in [0.1, 0.15) is 5.78 Å². The van der Waals surface area contributed by atoms with Crippen molar-refractivity contribution in [2.75, 3.05) is 6.61 Å². The van der Waals surface area contributed by atoms with E-state index in [1.165, 1.54) is 0 Å². The van der Waals surface area contributed by atoms with Gasteiger partial charge in [0.2, 0.25) is 0 Å². The Morgan fingerprint density at radius 2 is 2.50 bits per heavy atom. The summed E-state index contributed by atoms with van der Waals surface area (Å²) in [7, 11) is 0. The molecule has 1 fully saturated rings. The number of carbonyl (C=O) groups is 1. The Morgan fingerprint density at radius 3 is 2.75 bits per heavy atom. The van der Waals surface area contributed by atoms with Crippen molar-refractivity contribution in [2.24, 2.45) is 5.92 Å². The lowest BCUT2D eigenvalue weighted by atomic mass is 10.1. The van der Waals surface area contributed by atoms with Gasteiger partial charge in [0.05, 0.1) is 6.61 Å². The average Bonchev–Trinajstić information content (AvgIpc) is 2.14. The van der Waals surface area contributed by atoms with Crippen LogP contribution in [0, 0.1) is 5.92 Å². The molecule has 46 valence electrons. The molecule has 8 heavy (non-hydrogen) atoms. The van der Waals surface area contributed by atoms with Gasteiger partial charge < -0.3 is 5.11 Å². The summed E-state index contributed by atoms with van der Waals surface area (Å²) in [5, 5.41) is 8.52. The van der Waals surface area contributed by atoms with E-state index in [9.17, 15) is 4.79 Å². The van der Waals surface area contributed by atoms with Crippen molar-refractivity contribution in [3.05, 3.63) is 0 Å². The van der Waals surface area contributed by atoms with Crippen LogP contribution in [0.25, 0.3) is 0 Å². The molecule has 0 spiro atoms. The van der Waals surface area contributed by atoms with Crippen LogP contribution in [0.1, 0.15) is 19.3 Å². The highest BCUT2D eigenvalue weighted by Crippen LogP contribution is 2.19. The fourth-order valence-corrected chi connectivity index (χ4v) is 1.08. The van der Waals surface area contributed by atoms with Crippen molar-refractivity contribution in [3.8, 4) is 0 Å². The van der Waals surface area contributed by atoms with Crippen LogP contribution in [0.5, 0.6) is 0 Å². The maximum Gasteiger partial charge on any atom is 0.138 e. The summed E-state index contributed by atoms with van der Waals surface area (Å²) in [6.45, 7) is 0.0544. The SMILES string of the molecule is O=C1CCC[C@H]1CO. The molecule has 2 nitrogen and oxygen atoms in total. The van der Waals surface area contributed by atoms with Gasteiger partial charge in [0.15, 0.2) is 0 Å². The predicted molar refractivity (Wildman–Crippen MR) is 29.4 cm³/mol. The Bertz CT molecular complexity index is 98.7. The summed E-state index contributed by atoms with van der Waals surface area (Å²) in [6, 6.07) is 0. The summed E-state index contributed by atoms with van der Waals surface area (Å²) >= 11 is 0. The molecule has 0 aromatic rings. The van der Waals surface area contributed by atoms with Crippen LogP contribution in [0.15, 0.2) is 0 Å². The Hall–Kier alpha value is -0.370. The van der Waals surface area contributed by atoms with Crippen molar-refractivity contribution in [1.82, 2.24) is 0 Å². The lowest BCUT2D eigenvalue weighted by Crippen LogP contribution is -2.09. The normalized spacial score (nSPS) is 29.1. The molecule has 1 N–H and O–H groups in total. The quantitative estimate of drug-likeness (QED) is 0.534. The van der Waals surface area contributed by atoms with E-state index >= 15 is 0 Å². The van der Waals surface area contributed by atoms with E-state index in [2.05, 4.69) is 0 Å². The Labute approximate surface area is 48.5 Å². The van der Waals surface area contributed by atoms with Gasteiger partial charge in [-0.1, -0.05) is 0 Å². The average molecular weight is 114 g/mol. The molecule has 1 aliphatic rings. The monoisotopic (exact) mass is 114 g/mol. The second-order valence-electron chi connectivity index (χ2n) is 2.24. The Kier molecular flexibility index (Phi) is 1.63. The molecule has 0 saturated heterocycles. The molecule has 1 aliphatic carbocycles. The third kappa shape index (κ3) is 0.892. The molecule has 1 saturated carbocycles. The number of ketones is 1. The molecule has 0 aromatic heterocycles. The standard InChI is InChI=1S/C6H10O2/c7-4-5-2-1-3-6(5)8/h5,7H,1-4H2/t5-/m0/s1. The van der Waals surface area contributed by atoms with Gasteiger partial charge in [-0.15, -0.1) is 0 Å². The van der Waals surface area contributed by atoms with E-state index in [4.69, 9.17) is 5.11 Å². The molecule has 0 bridgehead atoms. The first kappa shape index (κ1) is 5.76. The van der Waals surface area contributed by atoms with E-state index in [1.807, 2.05) is 0 Å². The van der Waals surface area contributed by atoms with Crippen molar-refractivity contribution in [1.29, 1.82) is 0 Å². The number of hydrogen-bond acceptors (Lipinski definition) is 2. The molecule has 1 rings (SSSR count). The second kappa shape index (κ2) is 2.27. The molecule has 0 amide bonds. The second-order valence-corrected chi connectivity index (χ2v) is 2.24. The number of Topliss-reactive ketones (excluding diaryl/α,β-unsaturated/α-hetero) is 1. The van der Waals surface area contributed by atoms with Crippen molar-refractivity contribution in [2.45, 2.75) is 19.3 Å². The van der Waals surface area contributed by atoms with Crippen LogP contribution < -0.4 is 0 Å². The molecule has 0 heterocycles. The number of hydrogen-bond donors (Lipinski definition) is 1. The van der Waals surface area contributed by atoms with Gasteiger partial charge in [0, 0.05) is 12.3 Å². The van der Waals surface area contributed by atoms with E-state index in [1.54, 1.807) is 0 Å². The zero-order valence-electron chi connectivity index (χ0n) is 4.76. The van der Waals surface area contributed by atoms with E-state index in [0.717, 1.165) is 12.8 Å². The largest absolute Gasteiger partial charge is 0.396 e. The molecule has 0 aliphatic heterocycles. The number of aliphatic hydroxyl groups is 1. The highest BCUT2D eigenvalue weighted by molar-refractivity contribution is 5.82. The third-order valence-corrected chi connectivity index (χ3v) is 1.65. The highest BCUT2D eigenvalue weighted by Gasteiger charge is 2.22. The molecular weight excluding hydrogens is 104 g/mol. The molecule has 1 atom stereocenters. The van der Waals surface area contributed by atoms with Gasteiger partial charge in [-0.2, -0.15) is 0 Å².